The Bertz CT molecular complexity index is 612. The fraction of sp³-hybridized carbons (Fsp3) is 0.125. The number of ether oxygens (including phenoxy) is 2. The van der Waals surface area contributed by atoms with Crippen LogP contribution < -0.4 is 4.74 Å². The van der Waals surface area contributed by atoms with Gasteiger partial charge in [0.25, 0.3) is 0 Å². The third-order valence-electron chi connectivity index (χ3n) is 2.77. The SMILES string of the molecule is COC(=O)c1ccc(OC(=O)c2ccc(C)cc2)cc1. The van der Waals surface area contributed by atoms with Crippen LogP contribution in [-0.4, -0.2) is 19.0 Å². The summed E-state index contributed by atoms with van der Waals surface area (Å²) in [6, 6.07) is 13.3. The van der Waals surface area contributed by atoms with Crippen LogP contribution in [0.15, 0.2) is 48.5 Å². The van der Waals surface area contributed by atoms with E-state index in [1.165, 1.54) is 7.11 Å². The Morgan fingerprint density at radius 3 is 1.85 bits per heavy atom. The number of hydrogen-bond donors (Lipinski definition) is 0. The summed E-state index contributed by atoms with van der Waals surface area (Å²) in [5.74, 6) is -0.486. The quantitative estimate of drug-likeness (QED) is 0.635. The number of rotatable bonds is 3. The zero-order chi connectivity index (χ0) is 14.5. The van der Waals surface area contributed by atoms with Crippen LogP contribution in [0.4, 0.5) is 0 Å². The second-order valence-electron chi connectivity index (χ2n) is 4.27. The molecular formula is C16H14O4. The molecule has 4 nitrogen and oxygen atoms in total. The van der Waals surface area contributed by atoms with Crippen LogP contribution in [-0.2, 0) is 4.74 Å². The zero-order valence-electron chi connectivity index (χ0n) is 11.3. The van der Waals surface area contributed by atoms with Crippen LogP contribution >= 0.6 is 0 Å². The molecule has 4 heteroatoms. The Hall–Kier alpha value is -2.62. The van der Waals surface area contributed by atoms with E-state index in [2.05, 4.69) is 4.74 Å². The normalized spacial score (nSPS) is 9.90. The van der Waals surface area contributed by atoms with Gasteiger partial charge in [-0.1, -0.05) is 17.7 Å². The van der Waals surface area contributed by atoms with Crippen molar-refractivity contribution in [2.75, 3.05) is 7.11 Å². The highest BCUT2D eigenvalue weighted by molar-refractivity contribution is 5.92. The highest BCUT2D eigenvalue weighted by Gasteiger charge is 2.09. The molecule has 0 aliphatic heterocycles. The molecule has 20 heavy (non-hydrogen) atoms. The first-order valence-electron chi connectivity index (χ1n) is 6.07. The van der Waals surface area contributed by atoms with Gasteiger partial charge in [-0.05, 0) is 43.3 Å². The van der Waals surface area contributed by atoms with E-state index < -0.39 is 11.9 Å². The summed E-state index contributed by atoms with van der Waals surface area (Å²) < 4.78 is 9.81. The van der Waals surface area contributed by atoms with Crippen LogP contribution in [0.3, 0.4) is 0 Å². The minimum Gasteiger partial charge on any atom is -0.465 e. The molecule has 0 atom stereocenters. The van der Waals surface area contributed by atoms with Gasteiger partial charge in [-0.25, -0.2) is 9.59 Å². The molecule has 0 aromatic heterocycles. The Balaban J connectivity index is 2.08. The van der Waals surface area contributed by atoms with E-state index in [9.17, 15) is 9.59 Å². The molecule has 0 spiro atoms. The van der Waals surface area contributed by atoms with Crippen molar-refractivity contribution in [1.29, 1.82) is 0 Å². The third kappa shape index (κ3) is 3.23. The van der Waals surface area contributed by atoms with Crippen LogP contribution in [0.1, 0.15) is 26.3 Å². The predicted molar refractivity (Wildman–Crippen MR) is 73.9 cm³/mol. The first-order chi connectivity index (χ1) is 9.60. The third-order valence-corrected chi connectivity index (χ3v) is 2.77. The number of esters is 2. The van der Waals surface area contributed by atoms with Crippen LogP contribution in [0.25, 0.3) is 0 Å². The van der Waals surface area contributed by atoms with Crippen molar-refractivity contribution in [3.8, 4) is 5.75 Å². The fourth-order valence-electron chi connectivity index (χ4n) is 1.63. The number of carbonyl (C=O) groups is 2. The maximum atomic E-state index is 11.9. The lowest BCUT2D eigenvalue weighted by Crippen LogP contribution is -2.08. The molecule has 0 bridgehead atoms. The molecule has 102 valence electrons. The first kappa shape index (κ1) is 13.8. The van der Waals surface area contributed by atoms with E-state index in [1.807, 2.05) is 19.1 Å². The molecule has 2 aromatic rings. The van der Waals surface area contributed by atoms with E-state index in [0.717, 1.165) is 5.56 Å². The van der Waals surface area contributed by atoms with Gasteiger partial charge in [-0.15, -0.1) is 0 Å². The topological polar surface area (TPSA) is 52.6 Å². The van der Waals surface area contributed by atoms with Gasteiger partial charge in [-0.2, -0.15) is 0 Å². The average molecular weight is 270 g/mol. The summed E-state index contributed by atoms with van der Waals surface area (Å²) in [4.78, 5) is 23.2. The van der Waals surface area contributed by atoms with Gasteiger partial charge in [0.15, 0.2) is 0 Å². The van der Waals surface area contributed by atoms with Gasteiger partial charge < -0.3 is 9.47 Å². The summed E-state index contributed by atoms with van der Waals surface area (Å²) in [6.45, 7) is 1.95. The lowest BCUT2D eigenvalue weighted by Gasteiger charge is -2.05. The maximum absolute atomic E-state index is 11.9. The highest BCUT2D eigenvalue weighted by atomic mass is 16.5. The standard InChI is InChI=1S/C16H14O4/c1-11-3-5-13(6-4-11)16(18)20-14-9-7-12(8-10-14)15(17)19-2/h3-10H,1-2H3. The second kappa shape index (κ2) is 6.02. The van der Waals surface area contributed by atoms with Crippen molar-refractivity contribution in [3.63, 3.8) is 0 Å². The van der Waals surface area contributed by atoms with E-state index >= 15 is 0 Å². The van der Waals surface area contributed by atoms with Gasteiger partial charge in [0.1, 0.15) is 5.75 Å². The Morgan fingerprint density at radius 1 is 0.800 bits per heavy atom. The molecule has 0 fully saturated rings. The molecule has 0 amide bonds. The monoisotopic (exact) mass is 270 g/mol. The van der Waals surface area contributed by atoms with Crippen LogP contribution in [0.5, 0.6) is 5.75 Å². The summed E-state index contributed by atoms with van der Waals surface area (Å²) in [7, 11) is 1.31. The fourth-order valence-corrected chi connectivity index (χ4v) is 1.63. The molecule has 2 rings (SSSR count). The zero-order valence-corrected chi connectivity index (χ0v) is 11.3. The number of aryl methyl sites for hydroxylation is 1. The van der Waals surface area contributed by atoms with Crippen molar-refractivity contribution in [1.82, 2.24) is 0 Å². The van der Waals surface area contributed by atoms with Crippen molar-refractivity contribution >= 4 is 11.9 Å². The largest absolute Gasteiger partial charge is 0.465 e. The Kier molecular flexibility index (Phi) is 4.15. The number of carbonyl (C=O) groups excluding carboxylic acids is 2. The van der Waals surface area contributed by atoms with E-state index in [0.29, 0.717) is 16.9 Å². The van der Waals surface area contributed by atoms with Gasteiger partial charge in [0.2, 0.25) is 0 Å². The number of hydrogen-bond acceptors (Lipinski definition) is 4. The van der Waals surface area contributed by atoms with Gasteiger partial charge in [0, 0.05) is 0 Å². The van der Waals surface area contributed by atoms with Crippen LogP contribution in [0.2, 0.25) is 0 Å². The summed E-state index contributed by atoms with van der Waals surface area (Å²) in [6.07, 6.45) is 0. The van der Waals surface area contributed by atoms with E-state index in [1.54, 1.807) is 36.4 Å². The van der Waals surface area contributed by atoms with Crippen molar-refractivity contribution in [3.05, 3.63) is 65.2 Å². The molecule has 0 aliphatic rings. The van der Waals surface area contributed by atoms with Crippen molar-refractivity contribution in [2.45, 2.75) is 6.92 Å². The van der Waals surface area contributed by atoms with E-state index in [4.69, 9.17) is 4.74 Å². The summed E-state index contributed by atoms with van der Waals surface area (Å²) in [5.41, 5.74) is 1.96. The maximum Gasteiger partial charge on any atom is 0.343 e. The average Bonchev–Trinajstić information content (AvgIpc) is 2.48. The summed E-state index contributed by atoms with van der Waals surface area (Å²) in [5, 5.41) is 0. The van der Waals surface area contributed by atoms with E-state index in [-0.39, 0.29) is 0 Å². The molecule has 0 heterocycles. The number of methoxy groups -OCH3 is 1. The van der Waals surface area contributed by atoms with Gasteiger partial charge >= 0.3 is 11.9 Å². The minimum atomic E-state index is -0.434. The highest BCUT2D eigenvalue weighted by Crippen LogP contribution is 2.15. The lowest BCUT2D eigenvalue weighted by atomic mass is 10.1. The number of benzene rings is 2. The lowest BCUT2D eigenvalue weighted by molar-refractivity contribution is 0.0600. The molecule has 2 aromatic carbocycles. The minimum absolute atomic E-state index is 0.378. The smallest absolute Gasteiger partial charge is 0.343 e. The molecule has 0 aliphatic carbocycles. The molecule has 0 unspecified atom stereocenters. The Labute approximate surface area is 116 Å². The molecule has 0 N–H and O–H groups in total. The van der Waals surface area contributed by atoms with Gasteiger partial charge in [-0.3, -0.25) is 0 Å². The molecule has 0 saturated carbocycles. The molecular weight excluding hydrogens is 256 g/mol. The predicted octanol–water partition coefficient (Wildman–Crippen LogP) is 3.00. The first-order valence-corrected chi connectivity index (χ1v) is 6.07. The molecule has 0 saturated heterocycles. The van der Waals surface area contributed by atoms with Crippen molar-refractivity contribution < 1.29 is 19.1 Å². The second-order valence-corrected chi connectivity index (χ2v) is 4.27. The van der Waals surface area contributed by atoms with Crippen LogP contribution in [0, 0.1) is 6.92 Å². The summed E-state index contributed by atoms with van der Waals surface area (Å²) >= 11 is 0. The Morgan fingerprint density at radius 2 is 1.30 bits per heavy atom. The molecule has 0 radical (unpaired) electrons. The van der Waals surface area contributed by atoms with Gasteiger partial charge in [0.05, 0.1) is 18.2 Å². The van der Waals surface area contributed by atoms with Crippen molar-refractivity contribution in [2.24, 2.45) is 0 Å².